The number of rotatable bonds is 7. The Bertz CT molecular complexity index is 645. The van der Waals surface area contributed by atoms with Gasteiger partial charge in [0, 0.05) is 18.2 Å². The fourth-order valence-electron chi connectivity index (χ4n) is 2.85. The van der Waals surface area contributed by atoms with Gasteiger partial charge in [-0.25, -0.2) is 8.42 Å². The molecule has 0 bridgehead atoms. The van der Waals surface area contributed by atoms with Gasteiger partial charge in [-0.05, 0) is 19.0 Å². The first-order chi connectivity index (χ1) is 10.9. The molecule has 0 radical (unpaired) electrons. The smallest absolute Gasteiger partial charge is 0.234 e. The van der Waals surface area contributed by atoms with Crippen LogP contribution < -0.4 is 10.1 Å². The number of sulfone groups is 1. The number of benzene rings is 1. The minimum Gasteiger partial charge on any atom is -0.496 e. The third-order valence-corrected chi connectivity index (χ3v) is 5.90. The Balaban J connectivity index is 1.88. The molecule has 1 atom stereocenters. The Morgan fingerprint density at radius 2 is 2.13 bits per heavy atom. The molecule has 0 aromatic heterocycles. The molecular formula is C16H24N2O4S. The molecule has 6 nitrogen and oxygen atoms in total. The van der Waals surface area contributed by atoms with Crippen LogP contribution in [0.25, 0.3) is 0 Å². The summed E-state index contributed by atoms with van der Waals surface area (Å²) in [5, 5.41) is 2.87. The van der Waals surface area contributed by atoms with Crippen LogP contribution in [0.15, 0.2) is 24.3 Å². The van der Waals surface area contributed by atoms with Crippen LogP contribution in [0.3, 0.4) is 0 Å². The maximum absolute atomic E-state index is 12.2. The predicted octanol–water partition coefficient (Wildman–Crippen LogP) is 0.820. The molecule has 128 valence electrons. The van der Waals surface area contributed by atoms with Gasteiger partial charge in [0.2, 0.25) is 5.91 Å². The van der Waals surface area contributed by atoms with Crippen molar-refractivity contribution in [2.75, 3.05) is 31.7 Å². The number of nitrogens with zero attached hydrogens (tertiary/aromatic N) is 1. The van der Waals surface area contributed by atoms with Crippen molar-refractivity contribution < 1.29 is 17.9 Å². The Morgan fingerprint density at radius 1 is 1.39 bits per heavy atom. The zero-order valence-electron chi connectivity index (χ0n) is 13.6. The number of nitrogens with one attached hydrogen (secondary N) is 1. The van der Waals surface area contributed by atoms with Gasteiger partial charge >= 0.3 is 0 Å². The summed E-state index contributed by atoms with van der Waals surface area (Å²) in [5.74, 6) is 1.00. The number of para-hydroxylation sites is 1. The van der Waals surface area contributed by atoms with Crippen molar-refractivity contribution in [2.24, 2.45) is 0 Å². The molecule has 1 aliphatic heterocycles. The predicted molar refractivity (Wildman–Crippen MR) is 89.1 cm³/mol. The Kier molecular flexibility index (Phi) is 6.01. The average molecular weight is 340 g/mol. The molecule has 7 heteroatoms. The maximum atomic E-state index is 12.2. The number of amides is 1. The summed E-state index contributed by atoms with van der Waals surface area (Å²) in [6.45, 7) is 3.20. The monoisotopic (exact) mass is 340 g/mol. The SMILES string of the molecule is CCN(CC(=O)NCc1ccccc1OC)C1CCS(=O)(=O)C1. The van der Waals surface area contributed by atoms with Crippen molar-refractivity contribution in [3.05, 3.63) is 29.8 Å². The first-order valence-electron chi connectivity index (χ1n) is 7.78. The molecule has 1 amide bonds. The fourth-order valence-corrected chi connectivity index (χ4v) is 4.61. The lowest BCUT2D eigenvalue weighted by atomic mass is 10.2. The molecule has 1 N–H and O–H groups in total. The van der Waals surface area contributed by atoms with E-state index in [1.807, 2.05) is 36.1 Å². The summed E-state index contributed by atoms with van der Waals surface area (Å²) >= 11 is 0. The van der Waals surface area contributed by atoms with Crippen molar-refractivity contribution in [2.45, 2.75) is 25.9 Å². The van der Waals surface area contributed by atoms with Crippen molar-refractivity contribution in [1.29, 1.82) is 0 Å². The molecule has 2 rings (SSSR count). The Morgan fingerprint density at radius 3 is 2.74 bits per heavy atom. The second-order valence-corrected chi connectivity index (χ2v) is 7.94. The highest BCUT2D eigenvalue weighted by Crippen LogP contribution is 2.18. The number of carbonyl (C=O) groups excluding carboxylic acids is 1. The van der Waals surface area contributed by atoms with Crippen LogP contribution in [0.5, 0.6) is 5.75 Å². The second kappa shape index (κ2) is 7.79. The van der Waals surface area contributed by atoms with Gasteiger partial charge < -0.3 is 10.1 Å². The number of hydrogen-bond acceptors (Lipinski definition) is 5. The van der Waals surface area contributed by atoms with Crippen LogP contribution in [0.1, 0.15) is 18.9 Å². The lowest BCUT2D eigenvalue weighted by molar-refractivity contribution is -0.122. The summed E-state index contributed by atoms with van der Waals surface area (Å²) in [4.78, 5) is 14.1. The van der Waals surface area contributed by atoms with Crippen LogP contribution in [-0.2, 0) is 21.2 Å². The molecule has 23 heavy (non-hydrogen) atoms. The highest BCUT2D eigenvalue weighted by molar-refractivity contribution is 7.91. The lowest BCUT2D eigenvalue weighted by Gasteiger charge is -2.25. The van der Waals surface area contributed by atoms with E-state index < -0.39 is 9.84 Å². The number of likely N-dealkylation sites (N-methyl/N-ethyl adjacent to an activating group) is 1. The zero-order valence-corrected chi connectivity index (χ0v) is 14.4. The first kappa shape index (κ1) is 17.7. The minimum atomic E-state index is -2.94. The molecule has 1 aliphatic rings. The Labute approximate surface area is 137 Å². The third kappa shape index (κ3) is 4.94. The maximum Gasteiger partial charge on any atom is 0.234 e. The number of ether oxygens (including phenoxy) is 1. The van der Waals surface area contributed by atoms with E-state index >= 15 is 0 Å². The summed E-state index contributed by atoms with van der Waals surface area (Å²) in [5.41, 5.74) is 0.912. The molecule has 1 unspecified atom stereocenters. The van der Waals surface area contributed by atoms with Crippen molar-refractivity contribution in [3.63, 3.8) is 0 Å². The summed E-state index contributed by atoms with van der Waals surface area (Å²) in [7, 11) is -1.34. The van der Waals surface area contributed by atoms with Crippen LogP contribution in [0.2, 0.25) is 0 Å². The van der Waals surface area contributed by atoms with Crippen LogP contribution in [-0.4, -0.2) is 57.0 Å². The van der Waals surface area contributed by atoms with Gasteiger partial charge in [0.05, 0.1) is 25.2 Å². The average Bonchev–Trinajstić information content (AvgIpc) is 2.90. The fraction of sp³-hybridized carbons (Fsp3) is 0.562. The quantitative estimate of drug-likeness (QED) is 0.795. The molecule has 1 heterocycles. The van der Waals surface area contributed by atoms with E-state index in [2.05, 4.69) is 5.32 Å². The van der Waals surface area contributed by atoms with Gasteiger partial charge in [-0.3, -0.25) is 9.69 Å². The van der Waals surface area contributed by atoms with Gasteiger partial charge in [0.1, 0.15) is 5.75 Å². The van der Waals surface area contributed by atoms with E-state index in [-0.39, 0.29) is 30.0 Å². The van der Waals surface area contributed by atoms with Gasteiger partial charge in [0.25, 0.3) is 0 Å². The summed E-state index contributed by atoms with van der Waals surface area (Å²) in [6.07, 6.45) is 0.607. The molecule has 1 aromatic rings. The minimum absolute atomic E-state index is 0.0537. The molecular weight excluding hydrogens is 316 g/mol. The Hall–Kier alpha value is -1.60. The van der Waals surface area contributed by atoms with E-state index in [9.17, 15) is 13.2 Å². The van der Waals surface area contributed by atoms with Gasteiger partial charge in [-0.1, -0.05) is 25.1 Å². The molecule has 0 spiro atoms. The molecule has 0 aliphatic carbocycles. The van der Waals surface area contributed by atoms with E-state index in [1.165, 1.54) is 0 Å². The lowest BCUT2D eigenvalue weighted by Crippen LogP contribution is -2.43. The number of hydrogen-bond donors (Lipinski definition) is 1. The standard InChI is InChI=1S/C16H24N2O4S/c1-3-18(14-8-9-23(20,21)12-14)11-16(19)17-10-13-6-4-5-7-15(13)22-2/h4-7,14H,3,8-12H2,1-2H3,(H,17,19). The topological polar surface area (TPSA) is 75.7 Å². The van der Waals surface area contributed by atoms with Gasteiger partial charge in [-0.15, -0.1) is 0 Å². The molecule has 1 fully saturated rings. The molecule has 1 saturated heterocycles. The second-order valence-electron chi connectivity index (χ2n) is 5.71. The highest BCUT2D eigenvalue weighted by Gasteiger charge is 2.32. The van der Waals surface area contributed by atoms with Gasteiger partial charge in [0.15, 0.2) is 9.84 Å². The first-order valence-corrected chi connectivity index (χ1v) is 9.60. The van der Waals surface area contributed by atoms with E-state index in [4.69, 9.17) is 4.74 Å². The molecule has 0 saturated carbocycles. The van der Waals surface area contributed by atoms with Crippen LogP contribution in [0, 0.1) is 0 Å². The van der Waals surface area contributed by atoms with Gasteiger partial charge in [-0.2, -0.15) is 0 Å². The largest absolute Gasteiger partial charge is 0.496 e. The van der Waals surface area contributed by atoms with Crippen molar-refractivity contribution in [1.82, 2.24) is 10.2 Å². The zero-order chi connectivity index (χ0) is 16.9. The van der Waals surface area contributed by atoms with Crippen LogP contribution in [0.4, 0.5) is 0 Å². The van der Waals surface area contributed by atoms with E-state index in [0.29, 0.717) is 19.5 Å². The van der Waals surface area contributed by atoms with E-state index in [0.717, 1.165) is 11.3 Å². The molecule has 1 aromatic carbocycles. The van der Waals surface area contributed by atoms with E-state index in [1.54, 1.807) is 7.11 Å². The normalized spacial score (nSPS) is 19.7. The number of methoxy groups -OCH3 is 1. The summed E-state index contributed by atoms with van der Waals surface area (Å²) < 4.78 is 28.4. The number of carbonyl (C=O) groups is 1. The van der Waals surface area contributed by atoms with Crippen LogP contribution >= 0.6 is 0 Å². The summed E-state index contributed by atoms with van der Waals surface area (Å²) in [6, 6.07) is 7.47. The van der Waals surface area contributed by atoms with Crippen molar-refractivity contribution in [3.8, 4) is 5.75 Å². The van der Waals surface area contributed by atoms with Crippen molar-refractivity contribution >= 4 is 15.7 Å². The third-order valence-electron chi connectivity index (χ3n) is 4.15. The highest BCUT2D eigenvalue weighted by atomic mass is 32.2.